The van der Waals surface area contributed by atoms with E-state index in [0.717, 1.165) is 23.3 Å². The SMILES string of the molecule is Cc1ccc(CNC(=O)NC(C)c2ccc(C(F)(F)F)cc2)cc1. The second kappa shape index (κ2) is 7.38. The van der Waals surface area contributed by atoms with Gasteiger partial charge in [0.25, 0.3) is 0 Å². The van der Waals surface area contributed by atoms with Crippen molar-refractivity contribution in [3.8, 4) is 0 Å². The Morgan fingerprint density at radius 2 is 1.62 bits per heavy atom. The van der Waals surface area contributed by atoms with E-state index in [0.29, 0.717) is 12.1 Å². The van der Waals surface area contributed by atoms with Crippen LogP contribution >= 0.6 is 0 Å². The summed E-state index contributed by atoms with van der Waals surface area (Å²) in [6.45, 7) is 4.08. The molecule has 2 N–H and O–H groups in total. The summed E-state index contributed by atoms with van der Waals surface area (Å²) in [4.78, 5) is 11.9. The Hall–Kier alpha value is -2.50. The standard InChI is InChI=1S/C18H19F3N2O/c1-12-3-5-14(6-4-12)11-22-17(24)23-13(2)15-7-9-16(10-8-15)18(19,20)21/h3-10,13H,11H2,1-2H3,(H2,22,23,24). The third-order valence-electron chi connectivity index (χ3n) is 3.66. The molecule has 0 saturated heterocycles. The van der Waals surface area contributed by atoms with Gasteiger partial charge >= 0.3 is 12.2 Å². The van der Waals surface area contributed by atoms with Crippen LogP contribution < -0.4 is 10.6 Å². The fourth-order valence-corrected chi connectivity index (χ4v) is 2.18. The number of aryl methyl sites for hydroxylation is 1. The van der Waals surface area contributed by atoms with Crippen LogP contribution in [0.3, 0.4) is 0 Å². The second-order valence-corrected chi connectivity index (χ2v) is 5.65. The van der Waals surface area contributed by atoms with E-state index in [2.05, 4.69) is 10.6 Å². The van der Waals surface area contributed by atoms with Crippen molar-refractivity contribution < 1.29 is 18.0 Å². The van der Waals surface area contributed by atoms with Gasteiger partial charge in [-0.1, -0.05) is 42.0 Å². The van der Waals surface area contributed by atoms with Gasteiger partial charge in [-0.15, -0.1) is 0 Å². The molecule has 6 heteroatoms. The van der Waals surface area contributed by atoms with Crippen molar-refractivity contribution in [1.82, 2.24) is 10.6 Å². The van der Waals surface area contributed by atoms with Crippen molar-refractivity contribution in [3.63, 3.8) is 0 Å². The molecule has 1 atom stereocenters. The minimum atomic E-state index is -4.36. The average molecular weight is 336 g/mol. The summed E-state index contributed by atoms with van der Waals surface area (Å²) in [6, 6.07) is 11.8. The van der Waals surface area contributed by atoms with Crippen molar-refractivity contribution in [2.24, 2.45) is 0 Å². The molecule has 2 aromatic rings. The molecule has 24 heavy (non-hydrogen) atoms. The van der Waals surface area contributed by atoms with Crippen LogP contribution in [0.25, 0.3) is 0 Å². The predicted molar refractivity (Wildman–Crippen MR) is 86.4 cm³/mol. The molecule has 0 bridgehead atoms. The first kappa shape index (κ1) is 17.8. The third-order valence-corrected chi connectivity index (χ3v) is 3.66. The van der Waals surface area contributed by atoms with Gasteiger partial charge in [0, 0.05) is 6.54 Å². The van der Waals surface area contributed by atoms with E-state index in [-0.39, 0.29) is 6.03 Å². The molecule has 2 aromatic carbocycles. The first-order chi connectivity index (χ1) is 11.3. The Kier molecular flexibility index (Phi) is 5.49. The maximum absolute atomic E-state index is 12.5. The number of nitrogens with one attached hydrogen (secondary N) is 2. The number of hydrogen-bond donors (Lipinski definition) is 2. The normalized spacial score (nSPS) is 12.5. The van der Waals surface area contributed by atoms with Crippen LogP contribution in [0.5, 0.6) is 0 Å². The van der Waals surface area contributed by atoms with Gasteiger partial charge < -0.3 is 10.6 Å². The summed E-state index contributed by atoms with van der Waals surface area (Å²) in [7, 11) is 0. The van der Waals surface area contributed by atoms with Crippen LogP contribution in [0.1, 0.15) is 35.2 Å². The summed E-state index contributed by atoms with van der Waals surface area (Å²) >= 11 is 0. The number of hydrogen-bond acceptors (Lipinski definition) is 1. The molecule has 2 amide bonds. The first-order valence-corrected chi connectivity index (χ1v) is 7.53. The highest BCUT2D eigenvalue weighted by Crippen LogP contribution is 2.29. The number of halogens is 3. The minimum absolute atomic E-state index is 0.372. The summed E-state index contributed by atoms with van der Waals surface area (Å²) < 4.78 is 37.6. The van der Waals surface area contributed by atoms with Gasteiger partial charge in [0.2, 0.25) is 0 Å². The topological polar surface area (TPSA) is 41.1 Å². The quantitative estimate of drug-likeness (QED) is 0.843. The van der Waals surface area contributed by atoms with Crippen molar-refractivity contribution in [1.29, 1.82) is 0 Å². The number of rotatable bonds is 4. The van der Waals surface area contributed by atoms with E-state index >= 15 is 0 Å². The van der Waals surface area contributed by atoms with Gasteiger partial charge in [0.05, 0.1) is 11.6 Å². The Bertz CT molecular complexity index is 679. The molecule has 0 aromatic heterocycles. The summed E-state index contributed by atoms with van der Waals surface area (Å²) in [5.41, 5.74) is 2.01. The lowest BCUT2D eigenvalue weighted by Crippen LogP contribution is -2.36. The molecule has 0 spiro atoms. The highest BCUT2D eigenvalue weighted by Gasteiger charge is 2.30. The van der Waals surface area contributed by atoms with Crippen LogP contribution in [0, 0.1) is 6.92 Å². The van der Waals surface area contributed by atoms with Gasteiger partial charge in [0.15, 0.2) is 0 Å². The fraction of sp³-hybridized carbons (Fsp3) is 0.278. The van der Waals surface area contributed by atoms with Gasteiger partial charge in [-0.25, -0.2) is 4.79 Å². The third kappa shape index (κ3) is 5.01. The number of benzene rings is 2. The first-order valence-electron chi connectivity index (χ1n) is 7.53. The number of urea groups is 1. The molecule has 1 unspecified atom stereocenters. The van der Waals surface area contributed by atoms with Crippen LogP contribution in [-0.4, -0.2) is 6.03 Å². The van der Waals surface area contributed by atoms with Crippen molar-refractivity contribution >= 4 is 6.03 Å². The Morgan fingerprint density at radius 1 is 1.04 bits per heavy atom. The summed E-state index contributed by atoms with van der Waals surface area (Å²) in [6.07, 6.45) is -4.36. The maximum Gasteiger partial charge on any atom is 0.416 e. The largest absolute Gasteiger partial charge is 0.416 e. The van der Waals surface area contributed by atoms with Gasteiger partial charge in [0.1, 0.15) is 0 Å². The molecular formula is C18H19F3N2O. The van der Waals surface area contributed by atoms with Crippen molar-refractivity contribution in [2.45, 2.75) is 32.6 Å². The number of amides is 2. The number of carbonyl (C=O) groups is 1. The monoisotopic (exact) mass is 336 g/mol. The number of alkyl halides is 3. The van der Waals surface area contributed by atoms with E-state index < -0.39 is 17.8 Å². The van der Waals surface area contributed by atoms with E-state index in [1.807, 2.05) is 31.2 Å². The van der Waals surface area contributed by atoms with Crippen molar-refractivity contribution in [3.05, 3.63) is 70.8 Å². The smallest absolute Gasteiger partial charge is 0.334 e. The highest BCUT2D eigenvalue weighted by molar-refractivity contribution is 5.74. The minimum Gasteiger partial charge on any atom is -0.334 e. The van der Waals surface area contributed by atoms with Gasteiger partial charge in [-0.2, -0.15) is 13.2 Å². The fourth-order valence-electron chi connectivity index (χ4n) is 2.18. The number of carbonyl (C=O) groups excluding carboxylic acids is 1. The lowest BCUT2D eigenvalue weighted by atomic mass is 10.1. The zero-order valence-corrected chi connectivity index (χ0v) is 13.4. The molecule has 0 heterocycles. The van der Waals surface area contributed by atoms with E-state index in [1.54, 1.807) is 6.92 Å². The maximum atomic E-state index is 12.5. The summed E-state index contributed by atoms with van der Waals surface area (Å²) in [5.74, 6) is 0. The summed E-state index contributed by atoms with van der Waals surface area (Å²) in [5, 5.41) is 5.43. The zero-order chi connectivity index (χ0) is 17.7. The van der Waals surface area contributed by atoms with Crippen molar-refractivity contribution in [2.75, 3.05) is 0 Å². The van der Waals surface area contributed by atoms with Gasteiger partial charge in [-0.3, -0.25) is 0 Å². The second-order valence-electron chi connectivity index (χ2n) is 5.65. The molecule has 0 aliphatic heterocycles. The molecule has 0 aliphatic rings. The van der Waals surface area contributed by atoms with Crippen LogP contribution in [0.2, 0.25) is 0 Å². The lowest BCUT2D eigenvalue weighted by molar-refractivity contribution is -0.137. The molecule has 0 aliphatic carbocycles. The molecule has 2 rings (SSSR count). The Labute approximate surface area is 138 Å². The van der Waals surface area contributed by atoms with Gasteiger partial charge in [-0.05, 0) is 37.1 Å². The predicted octanol–water partition coefficient (Wildman–Crippen LogP) is 4.57. The zero-order valence-electron chi connectivity index (χ0n) is 13.4. The van der Waals surface area contributed by atoms with E-state index in [9.17, 15) is 18.0 Å². The highest BCUT2D eigenvalue weighted by atomic mass is 19.4. The lowest BCUT2D eigenvalue weighted by Gasteiger charge is -2.16. The molecule has 3 nitrogen and oxygen atoms in total. The molecule has 128 valence electrons. The van der Waals surface area contributed by atoms with Crippen LogP contribution in [0.4, 0.5) is 18.0 Å². The van der Waals surface area contributed by atoms with Crippen LogP contribution in [-0.2, 0) is 12.7 Å². The Morgan fingerprint density at radius 3 is 2.17 bits per heavy atom. The van der Waals surface area contributed by atoms with E-state index in [1.165, 1.54) is 12.1 Å². The Balaban J connectivity index is 1.88. The molecular weight excluding hydrogens is 317 g/mol. The molecule has 0 radical (unpaired) electrons. The molecule has 0 saturated carbocycles. The molecule has 0 fully saturated rings. The van der Waals surface area contributed by atoms with Crippen LogP contribution in [0.15, 0.2) is 48.5 Å². The average Bonchev–Trinajstić information content (AvgIpc) is 2.53. The van der Waals surface area contributed by atoms with E-state index in [4.69, 9.17) is 0 Å².